The fraction of sp³-hybridized carbons (Fsp3) is 0.389. The Kier molecular flexibility index (Phi) is 19.1. The molecule has 13 nitrogen and oxygen atoms in total. The lowest BCUT2D eigenvalue weighted by molar-refractivity contribution is -0.128. The third-order valence-electron chi connectivity index (χ3n) is 11.6. The van der Waals surface area contributed by atoms with Crippen LogP contribution in [0.25, 0.3) is 11.1 Å². The summed E-state index contributed by atoms with van der Waals surface area (Å²) in [5.41, 5.74) is 2.97. The zero-order valence-electron chi connectivity index (χ0n) is 41.7. The average molecular weight is 979 g/mol. The van der Waals surface area contributed by atoms with Crippen LogP contribution < -0.4 is 21.3 Å². The Labute approximate surface area is 411 Å². The van der Waals surface area contributed by atoms with Gasteiger partial charge >= 0.3 is 12.2 Å². The lowest BCUT2D eigenvalue weighted by Crippen LogP contribution is -2.53. The van der Waals surface area contributed by atoms with Crippen molar-refractivity contribution in [1.82, 2.24) is 25.4 Å². The van der Waals surface area contributed by atoms with Gasteiger partial charge in [-0.25, -0.2) is 18.4 Å². The molecule has 0 aliphatic carbocycles. The lowest BCUT2D eigenvalue weighted by atomic mass is 9.82. The molecule has 5 amide bonds. The standard InChI is InChI=1S/C54H68F2N6O7Si/c1-36(2)47(60-53(67)69-35-39-19-14-11-15-20-39)50(64)58-37(3)49(63)59-43-24-21-40(22-25-43)51(65)62(28-16-27-57-52(66)68-29-30-70(7,8)9)48(54(4,5)6)46-31-41(44-32-42(55)23-26-45(44)56)34-61(46)33-38-17-12-10-13-18-38/h10-15,17-26,31-32,34,36-37,47-48H,16,27-30,33,35H2,1-9H3,(H,57,66)(H,58,64)(H,59,63)(H,60,67)/t37-,47-,48-/m0/s1. The first kappa shape index (κ1) is 54.1. The van der Waals surface area contributed by atoms with E-state index in [2.05, 4.69) is 40.9 Å². The van der Waals surface area contributed by atoms with Crippen LogP contribution in [0.4, 0.5) is 24.1 Å². The number of anilines is 1. The zero-order valence-corrected chi connectivity index (χ0v) is 42.7. The molecule has 0 saturated carbocycles. The molecule has 16 heteroatoms. The van der Waals surface area contributed by atoms with E-state index in [1.165, 1.54) is 6.92 Å². The van der Waals surface area contributed by atoms with E-state index in [1.807, 2.05) is 86.0 Å². The van der Waals surface area contributed by atoms with Crippen LogP contribution in [0.3, 0.4) is 0 Å². The number of amides is 5. The number of aromatic nitrogens is 1. The predicted octanol–water partition coefficient (Wildman–Crippen LogP) is 10.6. The van der Waals surface area contributed by atoms with Gasteiger partial charge in [0.1, 0.15) is 30.3 Å². The predicted molar refractivity (Wildman–Crippen MR) is 272 cm³/mol. The van der Waals surface area contributed by atoms with Crippen LogP contribution in [0.15, 0.2) is 115 Å². The molecule has 0 unspecified atom stereocenters. The molecule has 0 aliphatic heterocycles. The molecule has 1 aromatic heterocycles. The van der Waals surface area contributed by atoms with Crippen LogP contribution in [0.1, 0.15) is 81.2 Å². The van der Waals surface area contributed by atoms with E-state index >= 15 is 9.18 Å². The van der Waals surface area contributed by atoms with E-state index in [1.54, 1.807) is 55.3 Å². The van der Waals surface area contributed by atoms with Crippen molar-refractivity contribution in [3.63, 3.8) is 0 Å². The summed E-state index contributed by atoms with van der Waals surface area (Å²) >= 11 is 0. The maximum Gasteiger partial charge on any atom is 0.408 e. The summed E-state index contributed by atoms with van der Waals surface area (Å²) in [6.07, 6.45) is 0.823. The van der Waals surface area contributed by atoms with E-state index in [0.717, 1.165) is 35.4 Å². The van der Waals surface area contributed by atoms with Gasteiger partial charge < -0.3 is 40.2 Å². The Hall–Kier alpha value is -6.81. The summed E-state index contributed by atoms with van der Waals surface area (Å²) < 4.78 is 42.8. The average Bonchev–Trinajstić information content (AvgIpc) is 3.70. The molecule has 0 aliphatic rings. The molecule has 0 spiro atoms. The number of rotatable bonds is 21. The van der Waals surface area contributed by atoms with Crippen molar-refractivity contribution in [3.05, 3.63) is 149 Å². The second kappa shape index (κ2) is 24.6. The van der Waals surface area contributed by atoms with Crippen LogP contribution in [-0.2, 0) is 32.2 Å². The SMILES string of the molecule is CC(C)[C@H](NC(=O)OCc1ccccc1)C(=O)N[C@@H](C)C(=O)Nc1ccc(C(=O)N(CCCNC(=O)OCC[Si](C)(C)C)[C@@H](c2cc(-c3cc(F)ccc3F)cn2Cc2ccccc2)C(C)(C)C)cc1. The minimum atomic E-state index is -1.43. The van der Waals surface area contributed by atoms with Crippen LogP contribution in [-0.4, -0.2) is 79.2 Å². The fourth-order valence-corrected chi connectivity index (χ4v) is 8.52. The summed E-state index contributed by atoms with van der Waals surface area (Å²) in [4.78, 5) is 68.8. The Balaban J connectivity index is 1.38. The van der Waals surface area contributed by atoms with Gasteiger partial charge in [-0.2, -0.15) is 0 Å². The minimum Gasteiger partial charge on any atom is -0.450 e. The smallest absolute Gasteiger partial charge is 0.408 e. The molecule has 5 aromatic rings. The number of hydrogen-bond donors (Lipinski definition) is 4. The first-order valence-corrected chi connectivity index (χ1v) is 27.4. The summed E-state index contributed by atoms with van der Waals surface area (Å²) in [7, 11) is -1.43. The van der Waals surface area contributed by atoms with Gasteiger partial charge in [0.2, 0.25) is 11.8 Å². The van der Waals surface area contributed by atoms with E-state index in [4.69, 9.17) is 9.47 Å². The van der Waals surface area contributed by atoms with Gasteiger partial charge in [0.05, 0.1) is 12.6 Å². The Bertz CT molecular complexity index is 2540. The molecule has 4 aromatic carbocycles. The number of halogens is 2. The van der Waals surface area contributed by atoms with Crippen LogP contribution >= 0.6 is 0 Å². The zero-order chi connectivity index (χ0) is 51.2. The monoisotopic (exact) mass is 978 g/mol. The third-order valence-corrected chi connectivity index (χ3v) is 13.3. The van der Waals surface area contributed by atoms with Crippen molar-refractivity contribution >= 4 is 43.7 Å². The largest absolute Gasteiger partial charge is 0.450 e. The highest BCUT2D eigenvalue weighted by Crippen LogP contribution is 2.42. The van der Waals surface area contributed by atoms with E-state index < -0.39 is 67.2 Å². The molecule has 0 bridgehead atoms. The molecular formula is C54H68F2N6O7Si. The minimum absolute atomic E-state index is 0.0239. The number of nitrogens with zero attached hydrogens (tertiary/aromatic N) is 2. The Morgan fingerprint density at radius 3 is 2.01 bits per heavy atom. The molecular weight excluding hydrogens is 911 g/mol. The van der Waals surface area contributed by atoms with Crippen LogP contribution in [0.5, 0.6) is 0 Å². The number of ether oxygens (including phenoxy) is 2. The molecule has 374 valence electrons. The molecule has 3 atom stereocenters. The highest BCUT2D eigenvalue weighted by atomic mass is 28.3. The van der Waals surface area contributed by atoms with Crippen LogP contribution in [0.2, 0.25) is 25.7 Å². The second-order valence-corrected chi connectivity index (χ2v) is 25.7. The van der Waals surface area contributed by atoms with Crippen molar-refractivity contribution < 1.29 is 42.2 Å². The van der Waals surface area contributed by atoms with Gasteiger partial charge in [0, 0.05) is 62.0 Å². The van der Waals surface area contributed by atoms with E-state index in [9.17, 15) is 23.6 Å². The second-order valence-electron chi connectivity index (χ2n) is 20.1. The normalized spacial score (nSPS) is 12.9. The maximum atomic E-state index is 15.4. The Morgan fingerprint density at radius 2 is 1.40 bits per heavy atom. The van der Waals surface area contributed by atoms with Gasteiger partial charge in [-0.3, -0.25) is 14.4 Å². The number of carbonyl (C=O) groups excluding carboxylic acids is 5. The molecule has 1 heterocycles. The van der Waals surface area contributed by atoms with Crippen molar-refractivity contribution in [3.8, 4) is 11.1 Å². The quantitative estimate of drug-likeness (QED) is 0.0421. The van der Waals surface area contributed by atoms with Crippen molar-refractivity contribution in [2.24, 2.45) is 11.3 Å². The van der Waals surface area contributed by atoms with Gasteiger partial charge in [-0.15, -0.1) is 0 Å². The first-order valence-electron chi connectivity index (χ1n) is 23.7. The topological polar surface area (TPSA) is 160 Å². The van der Waals surface area contributed by atoms with E-state index in [0.29, 0.717) is 42.1 Å². The van der Waals surface area contributed by atoms with Crippen molar-refractivity contribution in [2.75, 3.05) is 25.0 Å². The molecule has 0 radical (unpaired) electrons. The molecule has 70 heavy (non-hydrogen) atoms. The van der Waals surface area contributed by atoms with Crippen molar-refractivity contribution in [1.29, 1.82) is 0 Å². The van der Waals surface area contributed by atoms with Crippen molar-refractivity contribution in [2.45, 2.75) is 105 Å². The number of benzene rings is 4. The van der Waals surface area contributed by atoms with Gasteiger partial charge in [-0.05, 0) is 90.4 Å². The molecule has 5 rings (SSSR count). The number of nitrogens with one attached hydrogen (secondary N) is 4. The third kappa shape index (κ3) is 16.1. The van der Waals surface area contributed by atoms with Crippen LogP contribution in [0, 0.1) is 23.0 Å². The number of carbonyl (C=O) groups is 5. The summed E-state index contributed by atoms with van der Waals surface area (Å²) in [5, 5.41) is 10.9. The molecule has 0 fully saturated rings. The summed E-state index contributed by atoms with van der Waals surface area (Å²) in [6, 6.07) is 28.5. The summed E-state index contributed by atoms with van der Waals surface area (Å²) in [6.45, 7) is 18.8. The fourth-order valence-electron chi connectivity index (χ4n) is 7.81. The molecule has 0 saturated heterocycles. The summed E-state index contributed by atoms with van der Waals surface area (Å²) in [5.74, 6) is -2.96. The number of alkyl carbamates (subject to hydrolysis) is 2. The molecule has 4 N–H and O–H groups in total. The number of hydrogen-bond acceptors (Lipinski definition) is 7. The van der Waals surface area contributed by atoms with Gasteiger partial charge in [0.15, 0.2) is 0 Å². The highest BCUT2D eigenvalue weighted by Gasteiger charge is 2.38. The Morgan fingerprint density at radius 1 is 0.757 bits per heavy atom. The van der Waals surface area contributed by atoms with Gasteiger partial charge in [0.25, 0.3) is 5.91 Å². The highest BCUT2D eigenvalue weighted by molar-refractivity contribution is 6.76. The van der Waals surface area contributed by atoms with E-state index in [-0.39, 0.29) is 37.1 Å². The first-order chi connectivity index (χ1) is 33.1. The van der Waals surface area contributed by atoms with Gasteiger partial charge in [-0.1, -0.05) is 115 Å². The maximum absolute atomic E-state index is 15.4. The lowest BCUT2D eigenvalue weighted by Gasteiger charge is -2.41.